The van der Waals surface area contributed by atoms with Gasteiger partial charge < -0.3 is 14.8 Å². The van der Waals surface area contributed by atoms with Crippen LogP contribution in [0.4, 0.5) is 0 Å². The monoisotopic (exact) mass is 305 g/mol. The summed E-state index contributed by atoms with van der Waals surface area (Å²) in [5, 5.41) is 7.46. The molecule has 0 fully saturated rings. The highest BCUT2D eigenvalue weighted by Gasteiger charge is 2.05. The van der Waals surface area contributed by atoms with E-state index in [9.17, 15) is 0 Å². The van der Waals surface area contributed by atoms with Gasteiger partial charge in [-0.3, -0.25) is 5.43 Å². The third kappa shape index (κ3) is 6.15. The molecule has 0 aromatic heterocycles. The number of ether oxygens (including phenoxy) is 2. The Hall–Kier alpha value is -2.26. The fraction of sp³-hybridized carbons (Fsp3) is 0.333. The molecule has 0 aliphatic heterocycles. The lowest BCUT2D eigenvalue weighted by Crippen LogP contribution is -2.31. The zero-order valence-electron chi connectivity index (χ0n) is 12.2. The van der Waals surface area contributed by atoms with Gasteiger partial charge in [0.05, 0.1) is 12.8 Å². The van der Waals surface area contributed by atoms with Gasteiger partial charge in [-0.15, -0.1) is 6.42 Å². The van der Waals surface area contributed by atoms with Crippen LogP contribution in [0.15, 0.2) is 23.3 Å². The lowest BCUT2D eigenvalue weighted by molar-refractivity contribution is 0.299. The molecule has 6 heteroatoms. The highest BCUT2D eigenvalue weighted by atomic mass is 32.1. The maximum atomic E-state index is 5.53. The van der Waals surface area contributed by atoms with Crippen molar-refractivity contribution in [2.75, 3.05) is 19.8 Å². The molecule has 0 amide bonds. The molecule has 0 bridgehead atoms. The van der Waals surface area contributed by atoms with Crippen molar-refractivity contribution < 1.29 is 9.47 Å². The summed E-state index contributed by atoms with van der Waals surface area (Å²) in [4.78, 5) is 0. The Morgan fingerprint density at radius 3 is 2.86 bits per heavy atom. The molecule has 5 nitrogen and oxygen atoms in total. The van der Waals surface area contributed by atoms with Crippen molar-refractivity contribution in [3.8, 4) is 23.8 Å². The van der Waals surface area contributed by atoms with E-state index in [0.717, 1.165) is 12.1 Å². The Balaban J connectivity index is 2.75. The number of thiocarbonyl (C=S) groups is 1. The van der Waals surface area contributed by atoms with Crippen LogP contribution in [0.25, 0.3) is 0 Å². The Morgan fingerprint density at radius 1 is 1.38 bits per heavy atom. The number of terminal acetylenes is 1. The number of rotatable bonds is 7. The number of hydrogen-bond acceptors (Lipinski definition) is 4. The van der Waals surface area contributed by atoms with Gasteiger partial charge in [0.15, 0.2) is 16.6 Å². The van der Waals surface area contributed by atoms with Gasteiger partial charge in [0.25, 0.3) is 0 Å². The first-order valence-corrected chi connectivity index (χ1v) is 7.02. The van der Waals surface area contributed by atoms with Crippen LogP contribution in [0.3, 0.4) is 0 Å². The normalized spacial score (nSPS) is 9.95. The molecule has 0 saturated heterocycles. The summed E-state index contributed by atoms with van der Waals surface area (Å²) in [5.74, 6) is 3.67. The lowest BCUT2D eigenvalue weighted by Gasteiger charge is -2.10. The van der Waals surface area contributed by atoms with Gasteiger partial charge in [-0.25, -0.2) is 0 Å². The van der Waals surface area contributed by atoms with Crippen LogP contribution in [-0.4, -0.2) is 31.1 Å². The molecule has 1 aromatic rings. The molecule has 0 spiro atoms. The second-order valence-corrected chi connectivity index (χ2v) is 4.27. The SMILES string of the molecule is C#CCOc1ccc(C=NNC(=S)NCC)cc1OCC. The highest BCUT2D eigenvalue weighted by molar-refractivity contribution is 7.80. The predicted octanol–water partition coefficient (Wildman–Crippen LogP) is 1.92. The summed E-state index contributed by atoms with van der Waals surface area (Å²) < 4.78 is 10.9. The average Bonchev–Trinajstić information content (AvgIpc) is 2.47. The van der Waals surface area contributed by atoms with Crippen LogP contribution in [0, 0.1) is 12.3 Å². The van der Waals surface area contributed by atoms with Crippen LogP contribution >= 0.6 is 12.2 Å². The molecular weight excluding hydrogens is 286 g/mol. The number of hydrazone groups is 1. The predicted molar refractivity (Wildman–Crippen MR) is 88.9 cm³/mol. The van der Waals surface area contributed by atoms with E-state index in [1.54, 1.807) is 12.3 Å². The topological polar surface area (TPSA) is 54.9 Å². The smallest absolute Gasteiger partial charge is 0.186 e. The molecule has 0 aliphatic rings. The molecule has 1 rings (SSSR count). The minimum Gasteiger partial charge on any atom is -0.490 e. The minimum absolute atomic E-state index is 0.200. The van der Waals surface area contributed by atoms with Gasteiger partial charge in [-0.05, 0) is 49.8 Å². The van der Waals surface area contributed by atoms with Crippen molar-refractivity contribution in [1.29, 1.82) is 0 Å². The van der Waals surface area contributed by atoms with Gasteiger partial charge >= 0.3 is 0 Å². The van der Waals surface area contributed by atoms with Crippen LogP contribution in [0.5, 0.6) is 11.5 Å². The fourth-order valence-corrected chi connectivity index (χ4v) is 1.67. The fourth-order valence-electron chi connectivity index (χ4n) is 1.48. The van der Waals surface area contributed by atoms with E-state index in [4.69, 9.17) is 28.1 Å². The molecular formula is C15H19N3O2S. The van der Waals surface area contributed by atoms with Crippen LogP contribution in [0.2, 0.25) is 0 Å². The maximum Gasteiger partial charge on any atom is 0.186 e. The summed E-state index contributed by atoms with van der Waals surface area (Å²) in [5.41, 5.74) is 3.58. The van der Waals surface area contributed by atoms with Gasteiger partial charge in [0.1, 0.15) is 6.61 Å². The lowest BCUT2D eigenvalue weighted by atomic mass is 10.2. The van der Waals surface area contributed by atoms with E-state index in [1.807, 2.05) is 26.0 Å². The Morgan fingerprint density at radius 2 is 2.19 bits per heavy atom. The second kappa shape index (κ2) is 9.61. The molecule has 0 atom stereocenters. The average molecular weight is 305 g/mol. The molecule has 0 heterocycles. The van der Waals surface area contributed by atoms with E-state index in [0.29, 0.717) is 23.2 Å². The first-order chi connectivity index (χ1) is 10.2. The largest absolute Gasteiger partial charge is 0.490 e. The summed E-state index contributed by atoms with van der Waals surface area (Å²) in [6, 6.07) is 5.49. The highest BCUT2D eigenvalue weighted by Crippen LogP contribution is 2.27. The zero-order valence-corrected chi connectivity index (χ0v) is 13.0. The van der Waals surface area contributed by atoms with E-state index in [1.165, 1.54) is 0 Å². The van der Waals surface area contributed by atoms with Gasteiger partial charge in [-0.1, -0.05) is 5.92 Å². The Bertz CT molecular complexity index is 538. The molecule has 1 aromatic carbocycles. The third-order valence-electron chi connectivity index (χ3n) is 2.30. The van der Waals surface area contributed by atoms with Crippen molar-refractivity contribution in [3.05, 3.63) is 23.8 Å². The van der Waals surface area contributed by atoms with Crippen molar-refractivity contribution in [2.45, 2.75) is 13.8 Å². The van der Waals surface area contributed by atoms with Crippen LogP contribution in [0.1, 0.15) is 19.4 Å². The molecule has 0 aliphatic carbocycles. The van der Waals surface area contributed by atoms with E-state index in [2.05, 4.69) is 21.8 Å². The van der Waals surface area contributed by atoms with Crippen molar-refractivity contribution in [1.82, 2.24) is 10.7 Å². The maximum absolute atomic E-state index is 5.53. The summed E-state index contributed by atoms with van der Waals surface area (Å²) in [6.45, 7) is 5.35. The molecule has 112 valence electrons. The van der Waals surface area contributed by atoms with Crippen molar-refractivity contribution in [3.63, 3.8) is 0 Å². The number of nitrogens with zero attached hydrogens (tertiary/aromatic N) is 1. The second-order valence-electron chi connectivity index (χ2n) is 3.86. The number of nitrogens with one attached hydrogen (secondary N) is 2. The molecule has 0 radical (unpaired) electrons. The molecule has 2 N–H and O–H groups in total. The van der Waals surface area contributed by atoms with Gasteiger partial charge in [-0.2, -0.15) is 5.10 Å². The molecule has 0 saturated carbocycles. The summed E-state index contributed by atoms with van der Waals surface area (Å²) >= 11 is 5.01. The van der Waals surface area contributed by atoms with E-state index >= 15 is 0 Å². The van der Waals surface area contributed by atoms with E-state index in [-0.39, 0.29) is 6.61 Å². The number of benzene rings is 1. The number of hydrogen-bond donors (Lipinski definition) is 2. The van der Waals surface area contributed by atoms with Gasteiger partial charge in [0, 0.05) is 6.54 Å². The quantitative estimate of drug-likeness (QED) is 0.349. The van der Waals surface area contributed by atoms with Crippen molar-refractivity contribution in [2.24, 2.45) is 5.10 Å². The molecule has 21 heavy (non-hydrogen) atoms. The molecule has 0 unspecified atom stereocenters. The zero-order chi connectivity index (χ0) is 15.5. The standard InChI is InChI=1S/C15H19N3O2S/c1-4-9-20-13-8-7-12(10-14(13)19-6-3)11-17-18-15(21)16-5-2/h1,7-8,10-11H,5-6,9H2,2-3H3,(H2,16,18,21). The minimum atomic E-state index is 0.200. The Kier molecular flexibility index (Phi) is 7.69. The first-order valence-electron chi connectivity index (χ1n) is 6.61. The van der Waals surface area contributed by atoms with Crippen LogP contribution in [-0.2, 0) is 0 Å². The Labute approximate surface area is 130 Å². The van der Waals surface area contributed by atoms with Crippen LogP contribution < -0.4 is 20.2 Å². The first kappa shape index (κ1) is 16.8. The summed E-state index contributed by atoms with van der Waals surface area (Å²) in [6.07, 6.45) is 6.84. The van der Waals surface area contributed by atoms with E-state index < -0.39 is 0 Å². The van der Waals surface area contributed by atoms with Crippen molar-refractivity contribution >= 4 is 23.5 Å². The van der Waals surface area contributed by atoms with Gasteiger partial charge in [0.2, 0.25) is 0 Å². The third-order valence-corrected chi connectivity index (χ3v) is 2.53. The summed E-state index contributed by atoms with van der Waals surface area (Å²) in [7, 11) is 0.